The van der Waals surface area contributed by atoms with Crippen LogP contribution in [0.25, 0.3) is 0 Å². The van der Waals surface area contributed by atoms with Crippen LogP contribution in [-0.2, 0) is 19.6 Å². The summed E-state index contributed by atoms with van der Waals surface area (Å²) in [4.78, 5) is 19.0. The van der Waals surface area contributed by atoms with Crippen molar-refractivity contribution < 1.29 is 13.9 Å². The molecule has 4 rings (SSSR count). The summed E-state index contributed by atoms with van der Waals surface area (Å²) in [7, 11) is 0. The summed E-state index contributed by atoms with van der Waals surface area (Å²) in [6.07, 6.45) is 0.695. The van der Waals surface area contributed by atoms with Crippen molar-refractivity contribution in [2.24, 2.45) is 0 Å². The van der Waals surface area contributed by atoms with Crippen LogP contribution in [0.3, 0.4) is 0 Å². The molecule has 1 aromatic heterocycles. The van der Waals surface area contributed by atoms with E-state index in [1.54, 1.807) is 0 Å². The molecule has 5 heteroatoms. The Morgan fingerprint density at radius 2 is 1.74 bits per heavy atom. The van der Waals surface area contributed by atoms with Crippen molar-refractivity contribution in [1.29, 1.82) is 0 Å². The number of aryl methyl sites for hydroxylation is 2. The lowest BCUT2D eigenvalue weighted by atomic mass is 10.1. The zero-order valence-electron chi connectivity index (χ0n) is 15.6. The second-order valence-electron chi connectivity index (χ2n) is 6.92. The van der Waals surface area contributed by atoms with Gasteiger partial charge in [-0.3, -0.25) is 4.79 Å². The summed E-state index contributed by atoms with van der Waals surface area (Å²) in [6, 6.07) is 15.5. The second kappa shape index (κ2) is 7.27. The van der Waals surface area contributed by atoms with Gasteiger partial charge in [0.25, 0.3) is 5.91 Å². The van der Waals surface area contributed by atoms with Gasteiger partial charge in [-0.2, -0.15) is 0 Å². The highest BCUT2D eigenvalue weighted by molar-refractivity contribution is 5.94. The summed E-state index contributed by atoms with van der Waals surface area (Å²) in [5.41, 5.74) is 3.95. The van der Waals surface area contributed by atoms with Crippen molar-refractivity contribution >= 4 is 5.91 Å². The highest BCUT2D eigenvalue weighted by atomic mass is 16.5. The van der Waals surface area contributed by atoms with Crippen molar-refractivity contribution in [3.63, 3.8) is 0 Å². The van der Waals surface area contributed by atoms with E-state index in [0.717, 1.165) is 22.8 Å². The van der Waals surface area contributed by atoms with E-state index in [0.29, 0.717) is 31.0 Å². The Kier molecular flexibility index (Phi) is 4.67. The van der Waals surface area contributed by atoms with E-state index in [1.807, 2.05) is 67.3 Å². The van der Waals surface area contributed by atoms with Crippen molar-refractivity contribution in [2.45, 2.75) is 33.4 Å². The lowest BCUT2D eigenvalue weighted by molar-refractivity contribution is 0.0718. The first-order chi connectivity index (χ1) is 13.1. The Morgan fingerprint density at radius 1 is 1.07 bits per heavy atom. The first-order valence-electron chi connectivity index (χ1n) is 9.11. The summed E-state index contributed by atoms with van der Waals surface area (Å²) >= 11 is 0. The Balaban J connectivity index is 1.42. The SMILES string of the molecule is Cc1ccc(OCc2nc3c(o2)CN(C(=O)c2ccc(C)cc2)CC3)cc1. The van der Waals surface area contributed by atoms with Gasteiger partial charge < -0.3 is 14.1 Å². The first kappa shape index (κ1) is 17.3. The van der Waals surface area contributed by atoms with Crippen LogP contribution in [0.5, 0.6) is 5.75 Å². The third-order valence-electron chi connectivity index (χ3n) is 4.74. The Morgan fingerprint density at radius 3 is 2.44 bits per heavy atom. The number of carbonyl (C=O) groups excluding carboxylic acids is 1. The van der Waals surface area contributed by atoms with E-state index >= 15 is 0 Å². The molecular formula is C22H22N2O3. The number of oxazole rings is 1. The minimum atomic E-state index is 0.0227. The molecule has 1 aliphatic rings. The summed E-state index contributed by atoms with van der Waals surface area (Å²) < 4.78 is 11.6. The van der Waals surface area contributed by atoms with Crippen molar-refractivity contribution in [1.82, 2.24) is 9.88 Å². The zero-order chi connectivity index (χ0) is 18.8. The molecule has 0 spiro atoms. The molecule has 1 amide bonds. The summed E-state index contributed by atoms with van der Waals surface area (Å²) in [5.74, 6) is 2.11. The number of hydrogen-bond acceptors (Lipinski definition) is 4. The summed E-state index contributed by atoms with van der Waals surface area (Å²) in [6.45, 7) is 5.41. The minimum absolute atomic E-state index is 0.0227. The molecule has 1 aliphatic heterocycles. The van der Waals surface area contributed by atoms with E-state index in [4.69, 9.17) is 9.15 Å². The minimum Gasteiger partial charge on any atom is -0.484 e. The highest BCUT2D eigenvalue weighted by Gasteiger charge is 2.26. The lowest BCUT2D eigenvalue weighted by Gasteiger charge is -2.25. The van der Waals surface area contributed by atoms with Gasteiger partial charge >= 0.3 is 0 Å². The van der Waals surface area contributed by atoms with E-state index in [9.17, 15) is 4.79 Å². The predicted molar refractivity (Wildman–Crippen MR) is 102 cm³/mol. The largest absolute Gasteiger partial charge is 0.484 e. The molecule has 3 aromatic rings. The molecule has 0 saturated heterocycles. The number of carbonyl (C=O) groups is 1. The number of rotatable bonds is 4. The van der Waals surface area contributed by atoms with Crippen molar-refractivity contribution in [3.8, 4) is 5.75 Å². The Hall–Kier alpha value is -3.08. The number of nitrogens with zero attached hydrogens (tertiary/aromatic N) is 2. The smallest absolute Gasteiger partial charge is 0.254 e. The molecule has 2 aromatic carbocycles. The molecule has 2 heterocycles. The normalized spacial score (nSPS) is 13.3. The van der Waals surface area contributed by atoms with Crippen LogP contribution in [0.4, 0.5) is 0 Å². The molecule has 0 radical (unpaired) electrons. The molecule has 0 saturated carbocycles. The van der Waals surface area contributed by atoms with Gasteiger partial charge in [0.15, 0.2) is 6.61 Å². The van der Waals surface area contributed by atoms with Gasteiger partial charge in [-0.25, -0.2) is 4.98 Å². The van der Waals surface area contributed by atoms with E-state index < -0.39 is 0 Å². The Labute approximate surface area is 158 Å². The van der Waals surface area contributed by atoms with E-state index in [1.165, 1.54) is 5.56 Å². The number of amides is 1. The number of ether oxygens (including phenoxy) is 1. The fraction of sp³-hybridized carbons (Fsp3) is 0.273. The van der Waals surface area contributed by atoms with Crippen LogP contribution in [0.15, 0.2) is 52.9 Å². The van der Waals surface area contributed by atoms with Gasteiger partial charge in [0.2, 0.25) is 5.89 Å². The predicted octanol–water partition coefficient (Wildman–Crippen LogP) is 4.07. The summed E-state index contributed by atoms with van der Waals surface area (Å²) in [5, 5.41) is 0. The van der Waals surface area contributed by atoms with Crippen LogP contribution < -0.4 is 4.74 Å². The maximum atomic E-state index is 12.7. The monoisotopic (exact) mass is 362 g/mol. The molecule has 0 bridgehead atoms. The number of fused-ring (bicyclic) bond motifs is 1. The Bertz CT molecular complexity index is 943. The van der Waals surface area contributed by atoms with Crippen LogP contribution in [-0.4, -0.2) is 22.3 Å². The second-order valence-corrected chi connectivity index (χ2v) is 6.92. The third kappa shape index (κ3) is 3.87. The molecule has 5 nitrogen and oxygen atoms in total. The van der Waals surface area contributed by atoms with Gasteiger partial charge in [-0.1, -0.05) is 35.4 Å². The molecule has 138 valence electrons. The number of aromatic nitrogens is 1. The average molecular weight is 362 g/mol. The quantitative estimate of drug-likeness (QED) is 0.702. The molecule has 0 unspecified atom stereocenters. The molecule has 0 N–H and O–H groups in total. The first-order valence-corrected chi connectivity index (χ1v) is 9.11. The van der Waals surface area contributed by atoms with E-state index in [2.05, 4.69) is 4.98 Å². The molecule has 0 atom stereocenters. The van der Waals surface area contributed by atoms with Gasteiger partial charge in [0, 0.05) is 18.5 Å². The highest BCUT2D eigenvalue weighted by Crippen LogP contribution is 2.22. The molecule has 27 heavy (non-hydrogen) atoms. The maximum Gasteiger partial charge on any atom is 0.254 e. The van der Waals surface area contributed by atoms with Gasteiger partial charge in [0.05, 0.1) is 12.2 Å². The standard InChI is InChI=1S/C22H22N2O3/c1-15-3-7-17(8-4-15)22(25)24-12-11-19-20(13-24)27-21(23-19)14-26-18-9-5-16(2)6-10-18/h3-10H,11-14H2,1-2H3. The van der Waals surface area contributed by atoms with Crippen LogP contribution in [0.2, 0.25) is 0 Å². The van der Waals surface area contributed by atoms with Gasteiger partial charge in [0.1, 0.15) is 11.5 Å². The zero-order valence-corrected chi connectivity index (χ0v) is 15.6. The topological polar surface area (TPSA) is 55.6 Å². The molecular weight excluding hydrogens is 340 g/mol. The van der Waals surface area contributed by atoms with Crippen molar-refractivity contribution in [2.75, 3.05) is 6.54 Å². The van der Waals surface area contributed by atoms with Crippen LogP contribution in [0, 0.1) is 13.8 Å². The fourth-order valence-electron chi connectivity index (χ4n) is 3.14. The van der Waals surface area contributed by atoms with Crippen LogP contribution in [0.1, 0.15) is 38.8 Å². The van der Waals surface area contributed by atoms with Gasteiger partial charge in [-0.15, -0.1) is 0 Å². The maximum absolute atomic E-state index is 12.7. The van der Waals surface area contributed by atoms with Crippen LogP contribution >= 0.6 is 0 Å². The number of hydrogen-bond donors (Lipinski definition) is 0. The van der Waals surface area contributed by atoms with Gasteiger partial charge in [-0.05, 0) is 38.1 Å². The third-order valence-corrected chi connectivity index (χ3v) is 4.74. The lowest BCUT2D eigenvalue weighted by Crippen LogP contribution is -2.35. The van der Waals surface area contributed by atoms with Crippen molar-refractivity contribution in [3.05, 3.63) is 82.6 Å². The van der Waals surface area contributed by atoms with E-state index in [-0.39, 0.29) is 12.5 Å². The fourth-order valence-corrected chi connectivity index (χ4v) is 3.14. The molecule has 0 fully saturated rings. The number of benzene rings is 2. The molecule has 0 aliphatic carbocycles. The average Bonchev–Trinajstić information content (AvgIpc) is 3.09.